The number of benzene rings is 1. The van der Waals surface area contributed by atoms with E-state index in [4.69, 9.17) is 16.0 Å². The normalized spacial score (nSPS) is 17.0. The molecule has 3 aromatic rings. The summed E-state index contributed by atoms with van der Waals surface area (Å²) in [6.45, 7) is 5.38. The van der Waals surface area contributed by atoms with Crippen LogP contribution in [0, 0.1) is 6.92 Å². The highest BCUT2D eigenvalue weighted by atomic mass is 35.5. The van der Waals surface area contributed by atoms with Gasteiger partial charge in [0.1, 0.15) is 5.82 Å². The minimum atomic E-state index is 0. The highest BCUT2D eigenvalue weighted by Crippen LogP contribution is 2.28. The summed E-state index contributed by atoms with van der Waals surface area (Å²) in [4.78, 5) is 11.6. The summed E-state index contributed by atoms with van der Waals surface area (Å²) in [5, 5.41) is 4.17. The molecule has 1 aliphatic heterocycles. The van der Waals surface area contributed by atoms with E-state index in [0.29, 0.717) is 11.6 Å². The molecule has 1 aromatic carbocycles. The maximum atomic E-state index is 6.10. The van der Waals surface area contributed by atoms with Crippen molar-refractivity contribution >= 4 is 36.4 Å². The number of aromatic nitrogens is 3. The molecule has 1 saturated heterocycles. The van der Waals surface area contributed by atoms with Crippen molar-refractivity contribution in [1.29, 1.82) is 0 Å². The number of aryl methyl sites for hydroxylation is 2. The third-order valence-electron chi connectivity index (χ3n) is 4.80. The molecule has 9 heteroatoms. The Labute approximate surface area is 182 Å². The second kappa shape index (κ2) is 9.76. The van der Waals surface area contributed by atoms with Gasteiger partial charge in [0.2, 0.25) is 5.89 Å². The smallest absolute Gasteiger partial charge is 0.209 e. The molecule has 0 aliphatic carbocycles. The van der Waals surface area contributed by atoms with Crippen molar-refractivity contribution in [3.63, 3.8) is 0 Å². The molecule has 152 valence electrons. The van der Waals surface area contributed by atoms with Crippen molar-refractivity contribution in [2.45, 2.75) is 19.5 Å². The van der Waals surface area contributed by atoms with Gasteiger partial charge in [-0.1, -0.05) is 11.6 Å². The summed E-state index contributed by atoms with van der Waals surface area (Å²) in [6.07, 6.45) is 3.83. The molecule has 0 radical (unpaired) electrons. The van der Waals surface area contributed by atoms with Crippen LogP contribution >= 0.6 is 36.4 Å². The Morgan fingerprint density at radius 1 is 1.25 bits per heavy atom. The lowest BCUT2D eigenvalue weighted by atomic mass is 10.1. The van der Waals surface area contributed by atoms with Gasteiger partial charge < -0.3 is 14.3 Å². The maximum absolute atomic E-state index is 6.10. The second-order valence-corrected chi connectivity index (χ2v) is 7.05. The summed E-state index contributed by atoms with van der Waals surface area (Å²) in [5.41, 5.74) is 1.89. The number of piperazine rings is 1. The van der Waals surface area contributed by atoms with E-state index in [1.54, 1.807) is 0 Å². The van der Waals surface area contributed by atoms with Gasteiger partial charge in [0.05, 0.1) is 18.3 Å². The van der Waals surface area contributed by atoms with E-state index >= 15 is 0 Å². The van der Waals surface area contributed by atoms with Crippen molar-refractivity contribution in [1.82, 2.24) is 24.8 Å². The predicted molar refractivity (Wildman–Crippen MR) is 115 cm³/mol. The number of imidazole rings is 1. The average Bonchev–Trinajstić information content (AvgIpc) is 3.22. The number of oxazole rings is 1. The molecular weight excluding hydrogens is 421 g/mol. The zero-order valence-corrected chi connectivity index (χ0v) is 18.2. The highest BCUT2D eigenvalue weighted by molar-refractivity contribution is 6.30. The first-order chi connectivity index (χ1) is 12.6. The molecule has 28 heavy (non-hydrogen) atoms. The zero-order chi connectivity index (χ0) is 18.1. The lowest BCUT2D eigenvalue weighted by Crippen LogP contribution is -2.46. The molecular formula is C19H24Cl3N5O. The van der Waals surface area contributed by atoms with Crippen LogP contribution in [0.5, 0.6) is 0 Å². The Balaban J connectivity index is 0.00000140. The Bertz CT molecular complexity index is 893. The number of rotatable bonds is 4. The van der Waals surface area contributed by atoms with Gasteiger partial charge in [0.15, 0.2) is 5.76 Å². The summed E-state index contributed by atoms with van der Waals surface area (Å²) < 4.78 is 8.17. The Hall–Kier alpha value is -1.57. The molecule has 3 heterocycles. The van der Waals surface area contributed by atoms with Crippen LogP contribution in [-0.2, 0) is 13.6 Å². The third kappa shape index (κ3) is 4.70. The molecule has 0 saturated carbocycles. The second-order valence-electron chi connectivity index (χ2n) is 6.62. The standard InChI is InChI=1S/C19H22ClN5O.2ClH/c1-13-18(14-3-5-15(20)6-4-14)26-17(23-13)12-25-10-7-21-11-16(25)19-22-8-9-24(19)2;;/h3-6,8-9,16,21H,7,10-12H2,1-2H3;2*1H. The molecule has 0 amide bonds. The molecule has 1 N–H and O–H groups in total. The zero-order valence-electron chi connectivity index (χ0n) is 15.8. The Morgan fingerprint density at radius 2 is 2.00 bits per heavy atom. The largest absolute Gasteiger partial charge is 0.439 e. The van der Waals surface area contributed by atoms with Crippen LogP contribution < -0.4 is 5.32 Å². The van der Waals surface area contributed by atoms with E-state index in [1.165, 1.54) is 0 Å². The van der Waals surface area contributed by atoms with Gasteiger partial charge in [-0.2, -0.15) is 0 Å². The number of halogens is 3. The Kier molecular flexibility index (Phi) is 7.92. The van der Waals surface area contributed by atoms with E-state index in [2.05, 4.69) is 24.8 Å². The van der Waals surface area contributed by atoms with Crippen LogP contribution in [0.1, 0.15) is 23.5 Å². The lowest BCUT2D eigenvalue weighted by Gasteiger charge is -2.34. The average molecular weight is 445 g/mol. The van der Waals surface area contributed by atoms with E-state index < -0.39 is 0 Å². The van der Waals surface area contributed by atoms with Crippen LogP contribution in [0.2, 0.25) is 5.02 Å². The van der Waals surface area contributed by atoms with E-state index in [0.717, 1.165) is 48.4 Å². The maximum Gasteiger partial charge on any atom is 0.209 e. The molecule has 1 fully saturated rings. The van der Waals surface area contributed by atoms with E-state index in [1.807, 2.05) is 50.6 Å². The Morgan fingerprint density at radius 3 is 2.68 bits per heavy atom. The minimum Gasteiger partial charge on any atom is -0.439 e. The molecule has 2 aromatic heterocycles. The first kappa shape index (κ1) is 22.7. The topological polar surface area (TPSA) is 59.1 Å². The highest BCUT2D eigenvalue weighted by Gasteiger charge is 2.28. The van der Waals surface area contributed by atoms with Gasteiger partial charge in [-0.25, -0.2) is 9.97 Å². The van der Waals surface area contributed by atoms with Crippen LogP contribution in [0.3, 0.4) is 0 Å². The third-order valence-corrected chi connectivity index (χ3v) is 5.05. The van der Waals surface area contributed by atoms with Crippen molar-refractivity contribution in [3.05, 3.63) is 59.1 Å². The summed E-state index contributed by atoms with van der Waals surface area (Å²) in [6, 6.07) is 7.86. The fraction of sp³-hybridized carbons (Fsp3) is 0.368. The van der Waals surface area contributed by atoms with Crippen molar-refractivity contribution in [2.75, 3.05) is 19.6 Å². The van der Waals surface area contributed by atoms with E-state index in [9.17, 15) is 0 Å². The SMILES string of the molecule is Cc1nc(CN2CCNCC2c2nccn2C)oc1-c1ccc(Cl)cc1.Cl.Cl. The van der Waals surface area contributed by atoms with E-state index in [-0.39, 0.29) is 30.9 Å². The van der Waals surface area contributed by atoms with Gasteiger partial charge in [-0.3, -0.25) is 4.90 Å². The van der Waals surface area contributed by atoms with Crippen LogP contribution in [0.25, 0.3) is 11.3 Å². The van der Waals surface area contributed by atoms with Crippen LogP contribution in [0.4, 0.5) is 0 Å². The lowest BCUT2D eigenvalue weighted by molar-refractivity contribution is 0.132. The summed E-state index contributed by atoms with van der Waals surface area (Å²) in [5.74, 6) is 2.59. The van der Waals surface area contributed by atoms with Crippen LogP contribution in [-0.4, -0.2) is 39.1 Å². The molecule has 6 nitrogen and oxygen atoms in total. The summed E-state index contributed by atoms with van der Waals surface area (Å²) >= 11 is 5.98. The molecule has 0 spiro atoms. The van der Waals surface area contributed by atoms with Gasteiger partial charge in [-0.05, 0) is 31.2 Å². The molecule has 4 rings (SSSR count). The summed E-state index contributed by atoms with van der Waals surface area (Å²) in [7, 11) is 2.03. The number of hydrogen-bond acceptors (Lipinski definition) is 5. The molecule has 1 unspecified atom stereocenters. The quantitative estimate of drug-likeness (QED) is 0.658. The predicted octanol–water partition coefficient (Wildman–Crippen LogP) is 4.03. The number of hydrogen-bond donors (Lipinski definition) is 1. The number of nitrogens with zero attached hydrogens (tertiary/aromatic N) is 4. The first-order valence-corrected chi connectivity index (χ1v) is 9.14. The van der Waals surface area contributed by atoms with Gasteiger partial charge >= 0.3 is 0 Å². The van der Waals surface area contributed by atoms with Gasteiger partial charge in [0.25, 0.3) is 0 Å². The fourth-order valence-electron chi connectivity index (χ4n) is 3.45. The van der Waals surface area contributed by atoms with Gasteiger partial charge in [0, 0.05) is 49.7 Å². The fourth-order valence-corrected chi connectivity index (χ4v) is 3.58. The van der Waals surface area contributed by atoms with Crippen LogP contribution in [0.15, 0.2) is 41.1 Å². The molecule has 1 atom stereocenters. The van der Waals surface area contributed by atoms with Gasteiger partial charge in [-0.15, -0.1) is 24.8 Å². The minimum absolute atomic E-state index is 0. The monoisotopic (exact) mass is 443 g/mol. The molecule has 1 aliphatic rings. The first-order valence-electron chi connectivity index (χ1n) is 8.76. The van der Waals surface area contributed by atoms with Crippen molar-refractivity contribution in [3.8, 4) is 11.3 Å². The molecule has 0 bridgehead atoms. The van der Waals surface area contributed by atoms with Crippen molar-refractivity contribution < 1.29 is 4.42 Å². The van der Waals surface area contributed by atoms with Crippen molar-refractivity contribution in [2.24, 2.45) is 7.05 Å². The number of nitrogens with one attached hydrogen (secondary N) is 1.